The first-order valence-corrected chi connectivity index (χ1v) is 7.23. The van der Waals surface area contributed by atoms with Gasteiger partial charge in [0.05, 0.1) is 18.8 Å². The molecule has 0 spiro atoms. The van der Waals surface area contributed by atoms with Gasteiger partial charge in [0.1, 0.15) is 17.5 Å². The number of carbonyl (C=O) groups excluding carboxylic acids is 1. The molecule has 1 aliphatic heterocycles. The third-order valence-corrected chi connectivity index (χ3v) is 3.26. The van der Waals surface area contributed by atoms with Crippen LogP contribution in [0.2, 0.25) is 0 Å². The summed E-state index contributed by atoms with van der Waals surface area (Å²) in [6.07, 6.45) is -0.348. The third-order valence-electron chi connectivity index (χ3n) is 2.77. The van der Waals surface area contributed by atoms with Crippen LogP contribution in [0.4, 0.5) is 10.5 Å². The Morgan fingerprint density at radius 2 is 2.05 bits per heavy atom. The number of nitrogens with zero attached hydrogens (tertiary/aromatic N) is 1. The van der Waals surface area contributed by atoms with Crippen LogP contribution in [0.15, 0.2) is 22.7 Å². The maximum atomic E-state index is 11.8. The summed E-state index contributed by atoms with van der Waals surface area (Å²) in [6.45, 7) is 6.57. The minimum atomic E-state index is -0.474. The Morgan fingerprint density at radius 1 is 1.40 bits per heavy atom. The number of rotatable bonds is 2. The summed E-state index contributed by atoms with van der Waals surface area (Å²) in [5.41, 5.74) is 5.96. The Bertz CT molecular complexity index is 508. The topological polar surface area (TPSA) is 64.8 Å². The average Bonchev–Trinajstić information content (AvgIpc) is 2.24. The molecule has 1 aliphatic rings. The second-order valence-electron chi connectivity index (χ2n) is 5.81. The molecule has 0 atom stereocenters. The molecule has 1 fully saturated rings. The lowest BCUT2D eigenvalue weighted by atomic mass is 10.1. The summed E-state index contributed by atoms with van der Waals surface area (Å²) >= 11 is 3.37. The SMILES string of the molecule is CC(C)(C)OC(=O)N1CC(Oc2cc(Br)ccc2N)C1. The van der Waals surface area contributed by atoms with Crippen LogP contribution in [0.3, 0.4) is 0 Å². The lowest BCUT2D eigenvalue weighted by Crippen LogP contribution is -2.57. The summed E-state index contributed by atoms with van der Waals surface area (Å²) in [6, 6.07) is 5.46. The molecule has 2 N–H and O–H groups in total. The first-order valence-electron chi connectivity index (χ1n) is 6.44. The van der Waals surface area contributed by atoms with Crippen molar-refractivity contribution in [2.45, 2.75) is 32.5 Å². The van der Waals surface area contributed by atoms with Gasteiger partial charge in [-0.05, 0) is 39.0 Å². The second kappa shape index (κ2) is 5.52. The van der Waals surface area contributed by atoms with Gasteiger partial charge in [-0.25, -0.2) is 4.79 Å². The summed E-state index contributed by atoms with van der Waals surface area (Å²) in [5, 5.41) is 0. The molecule has 1 saturated heterocycles. The van der Waals surface area contributed by atoms with Gasteiger partial charge in [0.25, 0.3) is 0 Å². The number of amides is 1. The fraction of sp³-hybridized carbons (Fsp3) is 0.500. The Labute approximate surface area is 127 Å². The number of nitrogen functional groups attached to an aromatic ring is 1. The number of hydrogen-bond donors (Lipinski definition) is 1. The molecule has 0 radical (unpaired) electrons. The Balaban J connectivity index is 1.85. The first-order chi connectivity index (χ1) is 9.24. The second-order valence-corrected chi connectivity index (χ2v) is 6.72. The van der Waals surface area contributed by atoms with Crippen LogP contribution in [0.5, 0.6) is 5.75 Å². The van der Waals surface area contributed by atoms with Gasteiger partial charge in [-0.2, -0.15) is 0 Å². The molecule has 2 rings (SSSR count). The fourth-order valence-corrected chi connectivity index (χ4v) is 2.12. The van der Waals surface area contributed by atoms with Crippen molar-refractivity contribution < 1.29 is 14.3 Å². The number of likely N-dealkylation sites (tertiary alicyclic amines) is 1. The van der Waals surface area contributed by atoms with Gasteiger partial charge >= 0.3 is 6.09 Å². The molecular weight excluding hydrogens is 324 g/mol. The molecular formula is C14H19BrN2O3. The van der Waals surface area contributed by atoms with E-state index in [4.69, 9.17) is 15.2 Å². The first kappa shape index (κ1) is 15.0. The van der Waals surface area contributed by atoms with Crippen molar-refractivity contribution in [2.24, 2.45) is 0 Å². The number of ether oxygens (including phenoxy) is 2. The Hall–Kier alpha value is -1.43. The summed E-state index contributed by atoms with van der Waals surface area (Å²) in [5.74, 6) is 0.633. The minimum Gasteiger partial charge on any atom is -0.485 e. The zero-order valence-electron chi connectivity index (χ0n) is 11.9. The van der Waals surface area contributed by atoms with Gasteiger partial charge in [0.2, 0.25) is 0 Å². The van der Waals surface area contributed by atoms with Gasteiger partial charge in [-0.1, -0.05) is 15.9 Å². The van der Waals surface area contributed by atoms with Gasteiger partial charge < -0.3 is 20.1 Å². The van der Waals surface area contributed by atoms with Crippen LogP contribution >= 0.6 is 15.9 Å². The molecule has 1 aromatic rings. The van der Waals surface area contributed by atoms with Crippen molar-refractivity contribution in [1.82, 2.24) is 4.90 Å². The molecule has 6 heteroatoms. The third kappa shape index (κ3) is 3.79. The fourth-order valence-electron chi connectivity index (χ4n) is 1.78. The molecule has 110 valence electrons. The Kier molecular flexibility index (Phi) is 4.13. The van der Waals surface area contributed by atoms with E-state index in [0.717, 1.165) is 4.47 Å². The van der Waals surface area contributed by atoms with Crippen LogP contribution < -0.4 is 10.5 Å². The van der Waals surface area contributed by atoms with Gasteiger partial charge in [0, 0.05) is 4.47 Å². The van der Waals surface area contributed by atoms with Gasteiger partial charge in [0.15, 0.2) is 0 Å². The van der Waals surface area contributed by atoms with E-state index in [1.165, 1.54) is 0 Å². The zero-order valence-corrected chi connectivity index (χ0v) is 13.4. The molecule has 0 aliphatic carbocycles. The van der Waals surface area contributed by atoms with Crippen LogP contribution in [-0.4, -0.2) is 35.8 Å². The standard InChI is InChI=1S/C14H19BrN2O3/c1-14(2,3)20-13(18)17-7-10(8-17)19-12-6-9(15)4-5-11(12)16/h4-6,10H,7-8,16H2,1-3H3. The number of hydrogen-bond acceptors (Lipinski definition) is 4. The van der Waals surface area contributed by atoms with Crippen molar-refractivity contribution in [3.05, 3.63) is 22.7 Å². The highest BCUT2D eigenvalue weighted by Gasteiger charge is 2.35. The minimum absolute atomic E-state index is 0.0425. The highest BCUT2D eigenvalue weighted by molar-refractivity contribution is 9.10. The van der Waals surface area contributed by atoms with E-state index in [0.29, 0.717) is 24.5 Å². The van der Waals surface area contributed by atoms with Gasteiger partial charge in [-0.3, -0.25) is 0 Å². The molecule has 20 heavy (non-hydrogen) atoms. The van der Waals surface area contributed by atoms with Crippen molar-refractivity contribution in [1.29, 1.82) is 0 Å². The maximum Gasteiger partial charge on any atom is 0.410 e. The highest BCUT2D eigenvalue weighted by atomic mass is 79.9. The average molecular weight is 343 g/mol. The van der Waals surface area contributed by atoms with E-state index >= 15 is 0 Å². The van der Waals surface area contributed by atoms with Crippen molar-refractivity contribution in [3.63, 3.8) is 0 Å². The molecule has 0 saturated carbocycles. The van der Waals surface area contributed by atoms with E-state index in [1.807, 2.05) is 32.9 Å². The predicted octanol–water partition coefficient (Wildman–Crippen LogP) is 3.03. The normalized spacial score (nSPS) is 15.7. The molecule has 5 nitrogen and oxygen atoms in total. The number of anilines is 1. The van der Waals surface area contributed by atoms with Crippen LogP contribution in [-0.2, 0) is 4.74 Å². The van der Waals surface area contributed by atoms with Crippen LogP contribution in [0.25, 0.3) is 0 Å². The van der Waals surface area contributed by atoms with E-state index < -0.39 is 5.60 Å². The lowest BCUT2D eigenvalue weighted by Gasteiger charge is -2.39. The quantitative estimate of drug-likeness (QED) is 0.839. The smallest absolute Gasteiger partial charge is 0.410 e. The summed E-state index contributed by atoms with van der Waals surface area (Å²) in [7, 11) is 0. The molecule has 0 bridgehead atoms. The van der Waals surface area contributed by atoms with Gasteiger partial charge in [-0.15, -0.1) is 0 Å². The van der Waals surface area contributed by atoms with E-state index in [-0.39, 0.29) is 12.2 Å². The monoisotopic (exact) mass is 342 g/mol. The molecule has 0 unspecified atom stereocenters. The van der Waals surface area contributed by atoms with E-state index in [1.54, 1.807) is 11.0 Å². The summed E-state index contributed by atoms with van der Waals surface area (Å²) in [4.78, 5) is 13.4. The van der Waals surface area contributed by atoms with Crippen LogP contribution in [0, 0.1) is 0 Å². The van der Waals surface area contributed by atoms with Crippen molar-refractivity contribution >= 4 is 27.7 Å². The predicted molar refractivity (Wildman–Crippen MR) is 80.8 cm³/mol. The largest absolute Gasteiger partial charge is 0.485 e. The molecule has 1 amide bonds. The zero-order chi connectivity index (χ0) is 14.9. The van der Waals surface area contributed by atoms with E-state index in [9.17, 15) is 4.79 Å². The number of nitrogens with two attached hydrogens (primary N) is 1. The number of benzene rings is 1. The number of carbonyl (C=O) groups is 1. The van der Waals surface area contributed by atoms with Crippen molar-refractivity contribution in [3.8, 4) is 5.75 Å². The molecule has 0 aromatic heterocycles. The van der Waals surface area contributed by atoms with Crippen LogP contribution in [0.1, 0.15) is 20.8 Å². The number of halogens is 1. The lowest BCUT2D eigenvalue weighted by molar-refractivity contribution is -0.0219. The maximum absolute atomic E-state index is 11.8. The molecule has 1 aromatic carbocycles. The summed E-state index contributed by atoms with van der Waals surface area (Å²) < 4.78 is 12.0. The van der Waals surface area contributed by atoms with Crippen molar-refractivity contribution in [2.75, 3.05) is 18.8 Å². The van der Waals surface area contributed by atoms with E-state index in [2.05, 4.69) is 15.9 Å². The molecule has 1 heterocycles. The Morgan fingerprint density at radius 3 is 2.65 bits per heavy atom. The highest BCUT2D eigenvalue weighted by Crippen LogP contribution is 2.28.